The van der Waals surface area contributed by atoms with E-state index in [1.807, 2.05) is 0 Å². The molecular weight excluding hydrogens is 319 g/mol. The van der Waals surface area contributed by atoms with Gasteiger partial charge in [-0.15, -0.1) is 0 Å². The third-order valence-electron chi connectivity index (χ3n) is 2.37. The number of halogens is 3. The number of benzene rings is 1. The second-order valence-corrected chi connectivity index (χ2v) is 5.04. The van der Waals surface area contributed by atoms with Crippen LogP contribution in [-0.4, -0.2) is 9.97 Å². The van der Waals surface area contributed by atoms with Crippen LogP contribution >= 0.6 is 27.5 Å². The van der Waals surface area contributed by atoms with E-state index in [-0.39, 0.29) is 5.02 Å². The molecule has 2 aromatic rings. The molecule has 0 fully saturated rings. The van der Waals surface area contributed by atoms with Crippen LogP contribution in [0.25, 0.3) is 5.57 Å². The smallest absolute Gasteiger partial charge is 0.154 e. The first-order valence-electron chi connectivity index (χ1n) is 5.16. The SMILES string of the molecule is C=C(Cc1cccc(Cl)c1F)c1ncc(Br)cn1. The summed E-state index contributed by atoms with van der Waals surface area (Å²) in [4.78, 5) is 8.23. The molecule has 0 spiro atoms. The van der Waals surface area contributed by atoms with Crippen molar-refractivity contribution in [3.63, 3.8) is 0 Å². The zero-order chi connectivity index (χ0) is 13.1. The second-order valence-electron chi connectivity index (χ2n) is 3.72. The molecule has 0 saturated heterocycles. The van der Waals surface area contributed by atoms with Crippen molar-refractivity contribution in [1.29, 1.82) is 0 Å². The van der Waals surface area contributed by atoms with Crippen LogP contribution in [0.1, 0.15) is 11.4 Å². The summed E-state index contributed by atoms with van der Waals surface area (Å²) in [5.41, 5.74) is 1.13. The van der Waals surface area contributed by atoms with Gasteiger partial charge in [-0.25, -0.2) is 14.4 Å². The molecule has 2 nitrogen and oxygen atoms in total. The quantitative estimate of drug-likeness (QED) is 0.840. The van der Waals surface area contributed by atoms with Gasteiger partial charge < -0.3 is 0 Å². The molecule has 0 bridgehead atoms. The van der Waals surface area contributed by atoms with Gasteiger partial charge in [0.25, 0.3) is 0 Å². The van der Waals surface area contributed by atoms with E-state index in [4.69, 9.17) is 11.6 Å². The van der Waals surface area contributed by atoms with Crippen LogP contribution < -0.4 is 0 Å². The Hall–Kier alpha value is -1.26. The first-order valence-corrected chi connectivity index (χ1v) is 6.33. The standard InChI is InChI=1S/C13H9BrClFN2/c1-8(13-17-6-10(14)7-18-13)5-9-3-2-4-11(15)12(9)16/h2-4,6-7H,1,5H2. The highest BCUT2D eigenvalue weighted by atomic mass is 79.9. The lowest BCUT2D eigenvalue weighted by molar-refractivity contribution is 0.616. The first kappa shape index (κ1) is 13.2. The average molecular weight is 328 g/mol. The molecule has 0 radical (unpaired) electrons. The summed E-state index contributed by atoms with van der Waals surface area (Å²) in [7, 11) is 0. The Balaban J connectivity index is 2.21. The van der Waals surface area contributed by atoms with Crippen molar-refractivity contribution >= 4 is 33.1 Å². The third kappa shape index (κ3) is 2.94. The van der Waals surface area contributed by atoms with Crippen LogP contribution in [0.4, 0.5) is 4.39 Å². The molecule has 2 rings (SSSR count). The van der Waals surface area contributed by atoms with Crippen LogP contribution in [0.15, 0.2) is 41.6 Å². The predicted octanol–water partition coefficient (Wildman–Crippen LogP) is 4.29. The van der Waals surface area contributed by atoms with E-state index in [2.05, 4.69) is 32.5 Å². The molecule has 0 aliphatic rings. The number of rotatable bonds is 3. The summed E-state index contributed by atoms with van der Waals surface area (Å²) in [5, 5.41) is 0.108. The lowest BCUT2D eigenvalue weighted by Gasteiger charge is -2.06. The van der Waals surface area contributed by atoms with E-state index >= 15 is 0 Å². The summed E-state index contributed by atoms with van der Waals surface area (Å²) >= 11 is 8.97. The molecule has 92 valence electrons. The second kappa shape index (κ2) is 5.59. The van der Waals surface area contributed by atoms with Gasteiger partial charge in [0.1, 0.15) is 5.82 Å². The minimum atomic E-state index is -0.419. The number of nitrogens with zero attached hydrogens (tertiary/aromatic N) is 2. The van der Waals surface area contributed by atoms with Crippen molar-refractivity contribution in [2.75, 3.05) is 0 Å². The molecule has 1 aromatic heterocycles. The van der Waals surface area contributed by atoms with E-state index < -0.39 is 5.82 Å². The molecule has 5 heteroatoms. The Morgan fingerprint density at radius 1 is 1.33 bits per heavy atom. The normalized spacial score (nSPS) is 10.4. The molecule has 0 unspecified atom stereocenters. The molecular formula is C13H9BrClFN2. The number of allylic oxidation sites excluding steroid dienone is 1. The molecule has 0 saturated carbocycles. The minimum Gasteiger partial charge on any atom is -0.236 e. The summed E-state index contributed by atoms with van der Waals surface area (Å²) in [6.45, 7) is 3.87. The van der Waals surface area contributed by atoms with E-state index in [1.165, 1.54) is 6.07 Å². The third-order valence-corrected chi connectivity index (χ3v) is 3.07. The maximum absolute atomic E-state index is 13.7. The van der Waals surface area contributed by atoms with E-state index in [9.17, 15) is 4.39 Å². The lowest BCUT2D eigenvalue weighted by Crippen LogP contribution is -1.98. The van der Waals surface area contributed by atoms with Crippen LogP contribution in [-0.2, 0) is 6.42 Å². The number of hydrogen-bond donors (Lipinski definition) is 0. The molecule has 1 heterocycles. The fraction of sp³-hybridized carbons (Fsp3) is 0.0769. The van der Waals surface area contributed by atoms with Crippen molar-refractivity contribution in [2.45, 2.75) is 6.42 Å². The van der Waals surface area contributed by atoms with Crippen molar-refractivity contribution in [3.05, 3.63) is 63.9 Å². The summed E-state index contributed by atoms with van der Waals surface area (Å²) in [6.07, 6.45) is 3.58. The Bertz CT molecular complexity index is 584. The van der Waals surface area contributed by atoms with Gasteiger partial charge in [0.2, 0.25) is 0 Å². The highest BCUT2D eigenvalue weighted by Crippen LogP contribution is 2.22. The Morgan fingerprint density at radius 2 is 2.00 bits per heavy atom. The highest BCUT2D eigenvalue weighted by Gasteiger charge is 2.10. The topological polar surface area (TPSA) is 25.8 Å². The fourth-order valence-electron chi connectivity index (χ4n) is 1.49. The minimum absolute atomic E-state index is 0.108. The molecule has 18 heavy (non-hydrogen) atoms. The van der Waals surface area contributed by atoms with Crippen LogP contribution in [0, 0.1) is 5.82 Å². The first-order chi connectivity index (χ1) is 8.58. The van der Waals surface area contributed by atoms with E-state index in [0.29, 0.717) is 23.4 Å². The van der Waals surface area contributed by atoms with Crippen molar-refractivity contribution in [1.82, 2.24) is 9.97 Å². The molecule has 0 atom stereocenters. The lowest BCUT2D eigenvalue weighted by atomic mass is 10.1. The van der Waals surface area contributed by atoms with Gasteiger partial charge in [-0.05, 0) is 33.1 Å². The van der Waals surface area contributed by atoms with Gasteiger partial charge in [-0.1, -0.05) is 30.3 Å². The van der Waals surface area contributed by atoms with Crippen LogP contribution in [0.3, 0.4) is 0 Å². The summed E-state index contributed by atoms with van der Waals surface area (Å²) in [6, 6.07) is 4.89. The van der Waals surface area contributed by atoms with Crippen molar-refractivity contribution in [2.24, 2.45) is 0 Å². The van der Waals surface area contributed by atoms with Gasteiger partial charge >= 0.3 is 0 Å². The van der Waals surface area contributed by atoms with Gasteiger partial charge in [0.15, 0.2) is 5.82 Å². The zero-order valence-electron chi connectivity index (χ0n) is 9.33. The molecule has 0 aliphatic carbocycles. The predicted molar refractivity (Wildman–Crippen MR) is 73.9 cm³/mol. The largest absolute Gasteiger partial charge is 0.236 e. The van der Waals surface area contributed by atoms with Gasteiger partial charge in [-0.2, -0.15) is 0 Å². The van der Waals surface area contributed by atoms with Gasteiger partial charge in [-0.3, -0.25) is 0 Å². The summed E-state index contributed by atoms with van der Waals surface area (Å²) < 4.78 is 14.5. The van der Waals surface area contributed by atoms with Crippen molar-refractivity contribution < 1.29 is 4.39 Å². The highest BCUT2D eigenvalue weighted by molar-refractivity contribution is 9.10. The molecule has 0 aliphatic heterocycles. The van der Waals surface area contributed by atoms with E-state index in [1.54, 1.807) is 24.5 Å². The molecule has 1 aromatic carbocycles. The van der Waals surface area contributed by atoms with Gasteiger partial charge in [0.05, 0.1) is 9.50 Å². The van der Waals surface area contributed by atoms with Crippen molar-refractivity contribution in [3.8, 4) is 0 Å². The van der Waals surface area contributed by atoms with Crippen LogP contribution in [0.5, 0.6) is 0 Å². The Labute approximate surface area is 118 Å². The number of aromatic nitrogens is 2. The summed E-state index contributed by atoms with van der Waals surface area (Å²) in [5.74, 6) is 0.0787. The Morgan fingerprint density at radius 3 is 2.67 bits per heavy atom. The molecule has 0 amide bonds. The Kier molecular flexibility index (Phi) is 4.09. The number of hydrogen-bond acceptors (Lipinski definition) is 2. The fourth-order valence-corrected chi connectivity index (χ4v) is 1.89. The monoisotopic (exact) mass is 326 g/mol. The van der Waals surface area contributed by atoms with E-state index in [0.717, 1.165) is 4.47 Å². The van der Waals surface area contributed by atoms with Gasteiger partial charge in [0, 0.05) is 18.8 Å². The maximum atomic E-state index is 13.7. The zero-order valence-corrected chi connectivity index (χ0v) is 11.7. The maximum Gasteiger partial charge on any atom is 0.154 e. The molecule has 0 N–H and O–H groups in total. The average Bonchev–Trinajstić information content (AvgIpc) is 2.36. The van der Waals surface area contributed by atoms with Crippen LogP contribution in [0.2, 0.25) is 5.02 Å².